The molecule has 0 radical (unpaired) electrons. The third kappa shape index (κ3) is 1.96. The lowest BCUT2D eigenvalue weighted by Crippen LogP contribution is -2.54. The molecule has 0 aliphatic carbocycles. The number of ether oxygens (including phenoxy) is 1. The number of halogens is 2. The molecule has 1 spiro atoms. The van der Waals surface area contributed by atoms with Crippen LogP contribution in [0.5, 0.6) is 0 Å². The lowest BCUT2D eigenvalue weighted by molar-refractivity contribution is -0.0485. The van der Waals surface area contributed by atoms with Gasteiger partial charge in [-0.15, -0.1) is 0 Å². The molecule has 2 heterocycles. The van der Waals surface area contributed by atoms with Crippen molar-refractivity contribution in [3.63, 3.8) is 0 Å². The molecule has 0 aromatic heterocycles. The number of β-amino-alcohol motifs (C(OH)–C–C–N with tert-alkyl or cyclic N) is 1. The fraction of sp³-hybridized carbons (Fsp3) is 0.417. The number of piperidine rings is 1. The van der Waals surface area contributed by atoms with Crippen LogP contribution in [0.25, 0.3) is 0 Å². The fourth-order valence-corrected chi connectivity index (χ4v) is 2.86. The molecule has 2 atom stereocenters. The first-order valence-electron chi connectivity index (χ1n) is 5.89. The number of aliphatic hydroxyl groups is 1. The SMILES string of the molecule is O=C1Nc2ccc(Cl)c(F)c2C2(CNCC(O)C2)O1. The maximum absolute atomic E-state index is 14.3. The van der Waals surface area contributed by atoms with Gasteiger partial charge in [-0.05, 0) is 12.1 Å². The first kappa shape index (κ1) is 12.7. The Morgan fingerprint density at radius 1 is 1.53 bits per heavy atom. The van der Waals surface area contributed by atoms with Crippen LogP contribution < -0.4 is 10.6 Å². The molecular weight excluding hydrogens is 275 g/mol. The molecule has 102 valence electrons. The monoisotopic (exact) mass is 286 g/mol. The van der Waals surface area contributed by atoms with Crippen molar-refractivity contribution in [1.29, 1.82) is 0 Å². The molecule has 1 aromatic rings. The van der Waals surface area contributed by atoms with Gasteiger partial charge in [-0.25, -0.2) is 9.18 Å². The molecule has 2 aliphatic heterocycles. The Bertz CT molecular complexity index is 554. The molecule has 0 bridgehead atoms. The number of hydrogen-bond donors (Lipinski definition) is 3. The van der Waals surface area contributed by atoms with Crippen LogP contribution in [0.3, 0.4) is 0 Å². The third-order valence-electron chi connectivity index (χ3n) is 3.43. The number of nitrogens with one attached hydrogen (secondary N) is 2. The number of fused-ring (bicyclic) bond motifs is 2. The van der Waals surface area contributed by atoms with Crippen LogP contribution >= 0.6 is 11.6 Å². The number of carbonyl (C=O) groups is 1. The van der Waals surface area contributed by atoms with Crippen molar-refractivity contribution < 1.29 is 19.0 Å². The molecule has 7 heteroatoms. The Morgan fingerprint density at radius 2 is 2.32 bits per heavy atom. The van der Waals surface area contributed by atoms with Crippen molar-refractivity contribution in [2.24, 2.45) is 0 Å². The largest absolute Gasteiger partial charge is 0.436 e. The minimum absolute atomic E-state index is 0.0436. The van der Waals surface area contributed by atoms with Gasteiger partial charge >= 0.3 is 6.09 Å². The van der Waals surface area contributed by atoms with Crippen molar-refractivity contribution in [3.05, 3.63) is 28.5 Å². The summed E-state index contributed by atoms with van der Waals surface area (Å²) in [5.74, 6) is -0.630. The van der Waals surface area contributed by atoms with Gasteiger partial charge in [0.25, 0.3) is 0 Å². The molecule has 1 saturated heterocycles. The summed E-state index contributed by atoms with van der Waals surface area (Å²) in [7, 11) is 0. The summed E-state index contributed by atoms with van der Waals surface area (Å²) >= 11 is 5.79. The standard InChI is InChI=1S/C12H12ClFN2O3/c13-7-1-2-8-9(10(7)14)12(19-11(18)16-8)3-6(17)4-15-5-12/h1-2,6,15,17H,3-5H2,(H,16,18). The third-order valence-corrected chi connectivity index (χ3v) is 3.72. The number of hydrogen-bond acceptors (Lipinski definition) is 4. The second-order valence-electron chi connectivity index (χ2n) is 4.78. The topological polar surface area (TPSA) is 70.6 Å². The number of benzene rings is 1. The molecule has 2 unspecified atom stereocenters. The van der Waals surface area contributed by atoms with E-state index in [1.54, 1.807) is 0 Å². The summed E-state index contributed by atoms with van der Waals surface area (Å²) in [5.41, 5.74) is -0.704. The van der Waals surface area contributed by atoms with Crippen LogP contribution in [-0.4, -0.2) is 30.4 Å². The molecule has 0 saturated carbocycles. The zero-order valence-electron chi connectivity index (χ0n) is 9.87. The van der Waals surface area contributed by atoms with Crippen molar-refractivity contribution in [2.75, 3.05) is 18.4 Å². The lowest BCUT2D eigenvalue weighted by atomic mass is 9.83. The Kier molecular flexibility index (Phi) is 2.88. The predicted molar refractivity (Wildman–Crippen MR) is 66.7 cm³/mol. The predicted octanol–water partition coefficient (Wildman–Crippen LogP) is 1.59. The summed E-state index contributed by atoms with van der Waals surface area (Å²) in [6.07, 6.45) is -1.24. The molecule has 2 aliphatic rings. The van der Waals surface area contributed by atoms with E-state index in [4.69, 9.17) is 16.3 Å². The van der Waals surface area contributed by atoms with Crippen LogP contribution in [-0.2, 0) is 10.3 Å². The van der Waals surface area contributed by atoms with Crippen molar-refractivity contribution in [3.8, 4) is 0 Å². The molecule has 5 nitrogen and oxygen atoms in total. The van der Waals surface area contributed by atoms with Crippen molar-refractivity contribution in [2.45, 2.75) is 18.1 Å². The van der Waals surface area contributed by atoms with E-state index in [2.05, 4.69) is 10.6 Å². The Hall–Kier alpha value is -1.37. The number of carbonyl (C=O) groups excluding carboxylic acids is 1. The van der Waals surface area contributed by atoms with Crippen LogP contribution in [0.15, 0.2) is 12.1 Å². The van der Waals surface area contributed by atoms with Gasteiger partial charge in [0.15, 0.2) is 11.4 Å². The molecule has 3 rings (SSSR count). The first-order valence-corrected chi connectivity index (χ1v) is 6.27. The van der Waals surface area contributed by atoms with Gasteiger partial charge < -0.3 is 15.2 Å². The Morgan fingerprint density at radius 3 is 3.05 bits per heavy atom. The highest BCUT2D eigenvalue weighted by molar-refractivity contribution is 6.31. The van der Waals surface area contributed by atoms with Crippen LogP contribution in [0.2, 0.25) is 5.02 Å². The maximum Gasteiger partial charge on any atom is 0.412 e. The van der Waals surface area contributed by atoms with E-state index < -0.39 is 23.6 Å². The number of amides is 1. The smallest absolute Gasteiger partial charge is 0.412 e. The molecule has 19 heavy (non-hydrogen) atoms. The molecule has 1 amide bonds. The second-order valence-corrected chi connectivity index (χ2v) is 5.19. The summed E-state index contributed by atoms with van der Waals surface area (Å²) < 4.78 is 19.6. The van der Waals surface area contributed by atoms with Crippen molar-refractivity contribution in [1.82, 2.24) is 5.32 Å². The average molecular weight is 287 g/mol. The highest BCUT2D eigenvalue weighted by Crippen LogP contribution is 2.43. The molecule has 1 aromatic carbocycles. The summed E-state index contributed by atoms with van der Waals surface area (Å²) in [6, 6.07) is 2.91. The van der Waals surface area contributed by atoms with Gasteiger partial charge in [0, 0.05) is 19.5 Å². The molecule has 3 N–H and O–H groups in total. The summed E-state index contributed by atoms with van der Waals surface area (Å²) in [6.45, 7) is 0.617. The van der Waals surface area contributed by atoms with Crippen LogP contribution in [0.1, 0.15) is 12.0 Å². The van der Waals surface area contributed by atoms with Gasteiger partial charge in [-0.3, -0.25) is 5.32 Å². The quantitative estimate of drug-likeness (QED) is 0.677. The minimum Gasteiger partial charge on any atom is -0.436 e. The van der Waals surface area contributed by atoms with E-state index in [9.17, 15) is 14.3 Å². The van der Waals surface area contributed by atoms with Crippen molar-refractivity contribution >= 4 is 23.4 Å². The highest BCUT2D eigenvalue weighted by atomic mass is 35.5. The van der Waals surface area contributed by atoms with Crippen LogP contribution in [0.4, 0.5) is 14.9 Å². The number of anilines is 1. The number of rotatable bonds is 0. The fourth-order valence-electron chi connectivity index (χ4n) is 2.70. The van der Waals surface area contributed by atoms with Gasteiger partial charge in [-0.2, -0.15) is 0 Å². The Balaban J connectivity index is 2.17. The van der Waals surface area contributed by atoms with E-state index in [1.807, 2.05) is 0 Å². The highest BCUT2D eigenvalue weighted by Gasteiger charge is 2.47. The van der Waals surface area contributed by atoms with E-state index in [-0.39, 0.29) is 23.6 Å². The normalized spacial score (nSPS) is 29.6. The van der Waals surface area contributed by atoms with Gasteiger partial charge in [0.05, 0.1) is 22.4 Å². The lowest BCUT2D eigenvalue weighted by Gasteiger charge is -2.42. The van der Waals surface area contributed by atoms with E-state index >= 15 is 0 Å². The number of aliphatic hydroxyl groups excluding tert-OH is 1. The molecular formula is C12H12ClFN2O3. The zero-order valence-corrected chi connectivity index (χ0v) is 10.6. The van der Waals surface area contributed by atoms with E-state index in [1.165, 1.54) is 12.1 Å². The van der Waals surface area contributed by atoms with Gasteiger partial charge in [0.1, 0.15) is 0 Å². The first-order chi connectivity index (χ1) is 9.02. The summed E-state index contributed by atoms with van der Waals surface area (Å²) in [5, 5.41) is 15.1. The zero-order chi connectivity index (χ0) is 13.6. The second kappa shape index (κ2) is 4.33. The van der Waals surface area contributed by atoms with E-state index in [0.29, 0.717) is 12.2 Å². The summed E-state index contributed by atoms with van der Waals surface area (Å²) in [4.78, 5) is 11.6. The van der Waals surface area contributed by atoms with Gasteiger partial charge in [-0.1, -0.05) is 11.6 Å². The van der Waals surface area contributed by atoms with Crippen LogP contribution in [0, 0.1) is 5.82 Å². The average Bonchev–Trinajstić information content (AvgIpc) is 2.33. The maximum atomic E-state index is 14.3. The van der Waals surface area contributed by atoms with Gasteiger partial charge in [0.2, 0.25) is 0 Å². The molecule has 1 fully saturated rings. The Labute approximate surface area is 113 Å². The van der Waals surface area contributed by atoms with E-state index in [0.717, 1.165) is 0 Å². The minimum atomic E-state index is -1.22.